The van der Waals surface area contributed by atoms with Gasteiger partial charge in [0.15, 0.2) is 18.9 Å². The maximum Gasteiger partial charge on any atom is 0.220 e. The third-order valence-corrected chi connectivity index (χ3v) is 23.9. The van der Waals surface area contributed by atoms with Gasteiger partial charge in [0.05, 0.1) is 38.6 Å². The van der Waals surface area contributed by atoms with Gasteiger partial charge < -0.3 is 89.9 Å². The normalized spacial score (nSPS) is 25.2. The summed E-state index contributed by atoms with van der Waals surface area (Å²) in [5.41, 5.74) is 0. The molecule has 3 heterocycles. The third-order valence-electron chi connectivity index (χ3n) is 23.9. The van der Waals surface area contributed by atoms with Crippen LogP contribution >= 0.6 is 0 Å². The second-order valence-electron chi connectivity index (χ2n) is 33.8. The minimum absolute atomic E-state index is 0.230. The van der Waals surface area contributed by atoms with Crippen molar-refractivity contribution >= 4 is 5.91 Å². The van der Waals surface area contributed by atoms with Crippen molar-refractivity contribution in [2.45, 2.75) is 542 Å². The van der Waals surface area contributed by atoms with Crippen molar-refractivity contribution in [3.8, 4) is 0 Å². The van der Waals surface area contributed by atoms with Crippen LogP contribution in [0.2, 0.25) is 0 Å². The van der Waals surface area contributed by atoms with E-state index in [-0.39, 0.29) is 18.9 Å². The summed E-state index contributed by atoms with van der Waals surface area (Å²) >= 11 is 0. The van der Waals surface area contributed by atoms with Gasteiger partial charge in [-0.1, -0.05) is 418 Å². The van der Waals surface area contributed by atoms with Crippen molar-refractivity contribution in [3.05, 3.63) is 0 Å². The molecule has 3 fully saturated rings. The van der Waals surface area contributed by atoms with E-state index in [9.17, 15) is 61.0 Å². The lowest BCUT2D eigenvalue weighted by Gasteiger charge is -2.48. The zero-order valence-electron chi connectivity index (χ0n) is 70.1. The largest absolute Gasteiger partial charge is 0.394 e. The molecule has 0 aromatic rings. The molecule has 19 heteroatoms. The van der Waals surface area contributed by atoms with E-state index in [2.05, 4.69) is 19.2 Å². The topological polar surface area (TPSA) is 307 Å². The number of unbranched alkanes of at least 4 members (excludes halogenated alkanes) is 62. The summed E-state index contributed by atoms with van der Waals surface area (Å²) in [4.78, 5) is 13.5. The zero-order chi connectivity index (χ0) is 78.8. The van der Waals surface area contributed by atoms with E-state index < -0.39 is 124 Å². The fourth-order valence-electron chi connectivity index (χ4n) is 16.5. The van der Waals surface area contributed by atoms with Crippen LogP contribution in [0.3, 0.4) is 0 Å². The van der Waals surface area contributed by atoms with Gasteiger partial charge in [0.2, 0.25) is 5.91 Å². The summed E-state index contributed by atoms with van der Waals surface area (Å²) in [6.45, 7) is 1.89. The molecule has 648 valence electrons. The average Bonchev–Trinajstić information content (AvgIpc) is 0.759. The van der Waals surface area contributed by atoms with E-state index in [1.54, 1.807) is 0 Å². The first-order valence-corrected chi connectivity index (χ1v) is 46.8. The lowest BCUT2D eigenvalue weighted by molar-refractivity contribution is -0.379. The van der Waals surface area contributed by atoms with Crippen LogP contribution in [0.15, 0.2) is 0 Å². The molecular formula is C90H175NO18. The van der Waals surface area contributed by atoms with Crippen LogP contribution in [0, 0.1) is 0 Å². The Hall–Kier alpha value is -1.21. The van der Waals surface area contributed by atoms with Gasteiger partial charge in [0, 0.05) is 6.42 Å². The Bertz CT molecular complexity index is 1960. The van der Waals surface area contributed by atoms with Gasteiger partial charge in [0.1, 0.15) is 73.2 Å². The molecule has 0 bridgehead atoms. The number of amides is 1. The van der Waals surface area contributed by atoms with E-state index in [0.717, 1.165) is 44.9 Å². The lowest BCUT2D eigenvalue weighted by Crippen LogP contribution is -2.66. The molecule has 0 spiro atoms. The smallest absolute Gasteiger partial charge is 0.220 e. The van der Waals surface area contributed by atoms with E-state index in [0.29, 0.717) is 12.8 Å². The molecule has 17 atom stereocenters. The number of rotatable bonds is 78. The zero-order valence-corrected chi connectivity index (χ0v) is 70.1. The molecule has 0 saturated carbocycles. The Morgan fingerprint density at radius 1 is 0.294 bits per heavy atom. The van der Waals surface area contributed by atoms with Crippen LogP contribution < -0.4 is 5.32 Å². The summed E-state index contributed by atoms with van der Waals surface area (Å²) in [6, 6.07) is -0.884. The van der Waals surface area contributed by atoms with Crippen LogP contribution in [0.5, 0.6) is 0 Å². The molecule has 3 aliphatic heterocycles. The summed E-state index contributed by atoms with van der Waals surface area (Å²) in [6.07, 6.45) is 59.5. The highest BCUT2D eigenvalue weighted by Crippen LogP contribution is 2.34. The lowest BCUT2D eigenvalue weighted by atomic mass is 9.96. The van der Waals surface area contributed by atoms with Crippen LogP contribution in [-0.2, 0) is 33.2 Å². The molecule has 19 nitrogen and oxygen atoms in total. The molecule has 3 aliphatic rings. The maximum atomic E-state index is 13.5. The Morgan fingerprint density at radius 2 is 0.523 bits per heavy atom. The Kier molecular flexibility index (Phi) is 66.4. The number of aliphatic hydroxyl groups is 11. The number of aliphatic hydroxyl groups excluding tert-OH is 11. The number of hydrogen-bond acceptors (Lipinski definition) is 18. The Balaban J connectivity index is 1.28. The minimum Gasteiger partial charge on any atom is -0.394 e. The quantitative estimate of drug-likeness (QED) is 0.0252. The molecule has 0 aliphatic carbocycles. The summed E-state index contributed by atoms with van der Waals surface area (Å²) in [5.74, 6) is -0.230. The average molecular weight is 1560 g/mol. The van der Waals surface area contributed by atoms with Gasteiger partial charge in [-0.05, 0) is 12.8 Å². The van der Waals surface area contributed by atoms with Gasteiger partial charge >= 0.3 is 0 Å². The first kappa shape index (κ1) is 102. The Labute approximate surface area is 665 Å². The molecule has 0 aromatic heterocycles. The van der Waals surface area contributed by atoms with Gasteiger partial charge in [0.25, 0.3) is 0 Å². The highest BCUT2D eigenvalue weighted by atomic mass is 16.8. The van der Waals surface area contributed by atoms with Crippen molar-refractivity contribution in [2.75, 3.05) is 26.4 Å². The van der Waals surface area contributed by atoms with Crippen molar-refractivity contribution < 1.29 is 89.4 Å². The number of ether oxygens (including phenoxy) is 6. The number of carbonyl (C=O) groups excluding carboxylic acids is 1. The molecule has 12 N–H and O–H groups in total. The van der Waals surface area contributed by atoms with Crippen molar-refractivity contribution in [2.24, 2.45) is 0 Å². The first-order valence-electron chi connectivity index (χ1n) is 46.8. The molecular weight excluding hydrogens is 1380 g/mol. The SMILES string of the molecule is CCCCCCCCCCCCCCCCCCCCCCCCCCCCCCCCCCCCCCCCCC(=O)NC(COC1OC(CO)C(OC2OC(CO)C(OC3OC(CO)C(O)C(O)C3O)C(O)C2O)C(O)C1O)C(O)CCCCCCCCCCCCCCCCCCCCCCCCCCC. The van der Waals surface area contributed by atoms with E-state index in [4.69, 9.17) is 28.4 Å². The Morgan fingerprint density at radius 3 is 0.798 bits per heavy atom. The number of nitrogens with one attached hydrogen (secondary N) is 1. The highest BCUT2D eigenvalue weighted by molar-refractivity contribution is 5.76. The molecule has 1 amide bonds. The van der Waals surface area contributed by atoms with Crippen LogP contribution in [-0.4, -0.2) is 193 Å². The van der Waals surface area contributed by atoms with Gasteiger partial charge in [-0.2, -0.15) is 0 Å². The molecule has 3 saturated heterocycles. The summed E-state index contributed by atoms with van der Waals surface area (Å²) in [5, 5.41) is 121. The summed E-state index contributed by atoms with van der Waals surface area (Å²) < 4.78 is 34.6. The molecule has 109 heavy (non-hydrogen) atoms. The van der Waals surface area contributed by atoms with Crippen LogP contribution in [0.4, 0.5) is 0 Å². The third kappa shape index (κ3) is 49.6. The minimum atomic E-state index is -1.97. The van der Waals surface area contributed by atoms with E-state index in [1.807, 2.05) is 0 Å². The maximum absolute atomic E-state index is 13.5. The van der Waals surface area contributed by atoms with Gasteiger partial charge in [-0.15, -0.1) is 0 Å². The second-order valence-corrected chi connectivity index (χ2v) is 33.8. The van der Waals surface area contributed by atoms with E-state index in [1.165, 1.54) is 360 Å². The van der Waals surface area contributed by atoms with E-state index >= 15 is 0 Å². The predicted molar refractivity (Wildman–Crippen MR) is 439 cm³/mol. The predicted octanol–water partition coefficient (Wildman–Crippen LogP) is 18.1. The highest BCUT2D eigenvalue weighted by Gasteiger charge is 2.54. The van der Waals surface area contributed by atoms with Gasteiger partial charge in [-0.25, -0.2) is 0 Å². The van der Waals surface area contributed by atoms with Crippen LogP contribution in [0.1, 0.15) is 438 Å². The van der Waals surface area contributed by atoms with Crippen LogP contribution in [0.25, 0.3) is 0 Å². The van der Waals surface area contributed by atoms with Gasteiger partial charge in [-0.3, -0.25) is 4.79 Å². The van der Waals surface area contributed by atoms with Crippen molar-refractivity contribution in [1.29, 1.82) is 0 Å². The monoisotopic (exact) mass is 1560 g/mol. The van der Waals surface area contributed by atoms with Crippen molar-refractivity contribution in [3.63, 3.8) is 0 Å². The molecule has 0 aromatic carbocycles. The second kappa shape index (κ2) is 70.9. The number of hydrogen-bond donors (Lipinski definition) is 12. The fraction of sp³-hybridized carbons (Fsp3) is 0.989. The molecule has 17 unspecified atom stereocenters. The molecule has 3 rings (SSSR count). The van der Waals surface area contributed by atoms with Crippen molar-refractivity contribution in [1.82, 2.24) is 5.32 Å². The first-order chi connectivity index (χ1) is 53.3. The number of carbonyl (C=O) groups is 1. The standard InChI is InChI=1S/C90H175NO18/c1-3-5-7-9-11-13-15-17-19-21-23-25-27-29-30-31-32-33-34-35-36-37-38-39-40-41-42-44-46-48-50-52-54-56-58-60-62-64-66-68-78(96)91-73(74(95)67-65-63-61-59-57-55-53-51-49-47-45-43-28-26-24-22-20-18-16-14-12-10-8-6-4-2)72-104-88-84(102)81(99)86(76(70-93)106-88)109-90-85(103)82(100)87(77(71-94)107-90)108-89-83(101)80(98)79(97)75(69-92)105-89/h73-77,79-90,92-95,97-103H,3-72H2,1-2H3,(H,91,96). The fourth-order valence-corrected chi connectivity index (χ4v) is 16.5. The molecule has 0 radical (unpaired) electrons. The summed E-state index contributed by atoms with van der Waals surface area (Å²) in [7, 11) is 0.